The fourth-order valence-electron chi connectivity index (χ4n) is 1.36. The van der Waals surface area contributed by atoms with Crippen LogP contribution in [0.5, 0.6) is 5.75 Å². The molecule has 116 valence electrons. The van der Waals surface area contributed by atoms with Crippen molar-refractivity contribution in [3.05, 3.63) is 24.0 Å². The molecule has 0 aliphatic carbocycles. The standard InChI is InChI=1S/C12H19N3OS2.2ClH/c1-13-12(17-3)15-7-8-18-9-10-11(16-2)5-4-6-14-10;;/h4-6H,7-9H2,1-3H3,(H,13,15);2*1H. The average molecular weight is 358 g/mol. The quantitative estimate of drug-likeness (QED) is 0.481. The third-order valence-electron chi connectivity index (χ3n) is 2.23. The molecule has 4 nitrogen and oxygen atoms in total. The van der Waals surface area contributed by atoms with Crippen LogP contribution in [-0.2, 0) is 5.75 Å². The van der Waals surface area contributed by atoms with Crippen LogP contribution in [0.2, 0.25) is 0 Å². The van der Waals surface area contributed by atoms with Gasteiger partial charge in [-0.15, -0.1) is 24.8 Å². The minimum absolute atomic E-state index is 0. The molecule has 1 aromatic rings. The van der Waals surface area contributed by atoms with Crippen molar-refractivity contribution >= 4 is 53.5 Å². The Morgan fingerprint density at radius 1 is 1.45 bits per heavy atom. The lowest BCUT2D eigenvalue weighted by atomic mass is 10.3. The first-order valence-corrected chi connectivity index (χ1v) is 8.00. The summed E-state index contributed by atoms with van der Waals surface area (Å²) in [6.07, 6.45) is 3.81. The van der Waals surface area contributed by atoms with Crippen LogP contribution in [0.25, 0.3) is 0 Å². The fraction of sp³-hybridized carbons (Fsp3) is 0.500. The van der Waals surface area contributed by atoms with Crippen LogP contribution in [0.3, 0.4) is 0 Å². The molecule has 0 aliphatic heterocycles. The monoisotopic (exact) mass is 357 g/mol. The topological polar surface area (TPSA) is 46.5 Å². The largest absolute Gasteiger partial charge is 0.495 e. The van der Waals surface area contributed by atoms with Crippen molar-refractivity contribution in [2.75, 3.05) is 32.7 Å². The Balaban J connectivity index is 0. The summed E-state index contributed by atoms with van der Waals surface area (Å²) in [5, 5.41) is 4.25. The number of amidine groups is 1. The second-order valence-corrected chi connectivity index (χ2v) is 5.26. The molecule has 0 aromatic carbocycles. The molecule has 0 spiro atoms. The first-order valence-electron chi connectivity index (χ1n) is 5.62. The van der Waals surface area contributed by atoms with E-state index in [-0.39, 0.29) is 24.8 Å². The molecular weight excluding hydrogens is 337 g/mol. The molecule has 1 aromatic heterocycles. The Hall–Kier alpha value is -0.300. The zero-order chi connectivity index (χ0) is 13.2. The van der Waals surface area contributed by atoms with Crippen LogP contribution < -0.4 is 10.1 Å². The van der Waals surface area contributed by atoms with Gasteiger partial charge in [0.25, 0.3) is 0 Å². The number of rotatable bonds is 6. The van der Waals surface area contributed by atoms with E-state index in [1.165, 1.54) is 0 Å². The lowest BCUT2D eigenvalue weighted by Crippen LogP contribution is -2.22. The van der Waals surface area contributed by atoms with E-state index in [2.05, 4.69) is 15.3 Å². The molecule has 0 aliphatic rings. The van der Waals surface area contributed by atoms with E-state index < -0.39 is 0 Å². The second kappa shape index (κ2) is 13.7. The van der Waals surface area contributed by atoms with E-state index in [9.17, 15) is 0 Å². The van der Waals surface area contributed by atoms with Crippen LogP contribution in [0.1, 0.15) is 5.69 Å². The third-order valence-corrected chi connectivity index (χ3v) is 3.91. The molecule has 0 saturated carbocycles. The molecule has 1 rings (SSSR count). The number of aromatic nitrogens is 1. The minimum Gasteiger partial charge on any atom is -0.495 e. The van der Waals surface area contributed by atoms with Gasteiger partial charge in [-0.25, -0.2) is 0 Å². The van der Waals surface area contributed by atoms with Gasteiger partial charge in [0.15, 0.2) is 5.17 Å². The Morgan fingerprint density at radius 2 is 2.20 bits per heavy atom. The predicted molar refractivity (Wildman–Crippen MR) is 96.3 cm³/mol. The first-order chi connectivity index (χ1) is 8.81. The van der Waals surface area contributed by atoms with Crippen molar-refractivity contribution < 1.29 is 4.74 Å². The lowest BCUT2D eigenvalue weighted by Gasteiger charge is -2.08. The molecule has 0 radical (unpaired) electrons. The first kappa shape index (κ1) is 22.0. The SMILES string of the molecule is CN=C(NCCSCc1ncccc1OC)SC.Cl.Cl. The number of ether oxygens (including phenoxy) is 1. The molecule has 0 bridgehead atoms. The van der Waals surface area contributed by atoms with Crippen molar-refractivity contribution in [2.45, 2.75) is 5.75 Å². The number of halogens is 2. The normalized spacial score (nSPS) is 10.2. The van der Waals surface area contributed by atoms with Gasteiger partial charge < -0.3 is 10.1 Å². The highest BCUT2D eigenvalue weighted by molar-refractivity contribution is 8.13. The van der Waals surface area contributed by atoms with Crippen LogP contribution in [0, 0.1) is 0 Å². The maximum Gasteiger partial charge on any atom is 0.156 e. The van der Waals surface area contributed by atoms with Gasteiger partial charge in [0.05, 0.1) is 12.8 Å². The highest BCUT2D eigenvalue weighted by atomic mass is 35.5. The van der Waals surface area contributed by atoms with Gasteiger partial charge in [0, 0.05) is 31.3 Å². The number of nitrogens with zero attached hydrogens (tertiary/aromatic N) is 2. The molecule has 0 saturated heterocycles. The van der Waals surface area contributed by atoms with Gasteiger partial charge in [-0.1, -0.05) is 11.8 Å². The van der Waals surface area contributed by atoms with E-state index in [0.29, 0.717) is 0 Å². The molecule has 0 fully saturated rings. The summed E-state index contributed by atoms with van der Waals surface area (Å²) in [7, 11) is 3.47. The maximum absolute atomic E-state index is 5.26. The molecule has 8 heteroatoms. The van der Waals surface area contributed by atoms with E-state index in [1.807, 2.05) is 30.2 Å². The Kier molecular flexibility index (Phi) is 15.0. The van der Waals surface area contributed by atoms with Crippen LogP contribution >= 0.6 is 48.3 Å². The summed E-state index contributed by atoms with van der Waals surface area (Å²) in [4.78, 5) is 8.44. The van der Waals surface area contributed by atoms with Crippen molar-refractivity contribution in [2.24, 2.45) is 4.99 Å². The van der Waals surface area contributed by atoms with Crippen molar-refractivity contribution in [1.82, 2.24) is 10.3 Å². The van der Waals surface area contributed by atoms with E-state index in [1.54, 1.807) is 32.1 Å². The van der Waals surface area contributed by atoms with Crippen molar-refractivity contribution in [3.63, 3.8) is 0 Å². The number of hydrogen-bond acceptors (Lipinski definition) is 5. The van der Waals surface area contributed by atoms with Gasteiger partial charge in [-0.3, -0.25) is 9.98 Å². The average Bonchev–Trinajstić information content (AvgIpc) is 2.43. The molecule has 1 N–H and O–H groups in total. The van der Waals surface area contributed by atoms with E-state index >= 15 is 0 Å². The number of thioether (sulfide) groups is 2. The summed E-state index contributed by atoms with van der Waals surface area (Å²) >= 11 is 3.46. The number of nitrogens with one attached hydrogen (secondary N) is 1. The van der Waals surface area contributed by atoms with Crippen molar-refractivity contribution in [1.29, 1.82) is 0 Å². The summed E-state index contributed by atoms with van der Waals surface area (Å²) < 4.78 is 5.26. The zero-order valence-electron chi connectivity index (χ0n) is 11.8. The number of hydrogen-bond donors (Lipinski definition) is 1. The number of aliphatic imine (C=N–C) groups is 1. The number of pyridine rings is 1. The molecular formula is C12H21Cl2N3OS2. The van der Waals surface area contributed by atoms with Gasteiger partial charge in [-0.05, 0) is 18.4 Å². The predicted octanol–water partition coefficient (Wildman–Crippen LogP) is 3.11. The molecule has 1 heterocycles. The third kappa shape index (κ3) is 8.09. The van der Waals surface area contributed by atoms with Gasteiger partial charge in [0.2, 0.25) is 0 Å². The van der Waals surface area contributed by atoms with E-state index in [4.69, 9.17) is 4.74 Å². The molecule has 0 atom stereocenters. The number of methoxy groups -OCH3 is 1. The minimum atomic E-state index is 0. The summed E-state index contributed by atoms with van der Waals surface area (Å²) in [6, 6.07) is 3.83. The lowest BCUT2D eigenvalue weighted by molar-refractivity contribution is 0.409. The van der Waals surface area contributed by atoms with Crippen LogP contribution in [0.4, 0.5) is 0 Å². The maximum atomic E-state index is 5.26. The van der Waals surface area contributed by atoms with Gasteiger partial charge in [0.1, 0.15) is 5.75 Å². The summed E-state index contributed by atoms with van der Waals surface area (Å²) in [6.45, 7) is 0.910. The highest BCUT2D eigenvalue weighted by Crippen LogP contribution is 2.19. The zero-order valence-corrected chi connectivity index (χ0v) is 15.1. The van der Waals surface area contributed by atoms with Crippen molar-refractivity contribution in [3.8, 4) is 5.75 Å². The molecule has 0 unspecified atom stereocenters. The summed E-state index contributed by atoms with van der Waals surface area (Å²) in [5.41, 5.74) is 0.999. The smallest absolute Gasteiger partial charge is 0.156 e. The fourth-order valence-corrected chi connectivity index (χ4v) is 2.59. The summed E-state index contributed by atoms with van der Waals surface area (Å²) in [5.74, 6) is 2.74. The van der Waals surface area contributed by atoms with Crippen LogP contribution in [0.15, 0.2) is 23.3 Å². The molecule has 0 amide bonds. The van der Waals surface area contributed by atoms with Crippen LogP contribution in [-0.4, -0.2) is 42.9 Å². The van der Waals surface area contributed by atoms with Gasteiger partial charge in [-0.2, -0.15) is 11.8 Å². The Labute approximate surface area is 141 Å². The van der Waals surface area contributed by atoms with E-state index in [0.717, 1.165) is 34.7 Å². The Bertz CT molecular complexity index is 395. The highest BCUT2D eigenvalue weighted by Gasteiger charge is 2.03. The molecule has 20 heavy (non-hydrogen) atoms. The second-order valence-electron chi connectivity index (χ2n) is 3.36. The Morgan fingerprint density at radius 3 is 2.80 bits per heavy atom. The van der Waals surface area contributed by atoms with Gasteiger partial charge >= 0.3 is 0 Å².